The van der Waals surface area contributed by atoms with E-state index in [2.05, 4.69) is 21.2 Å². The molecule has 6 nitrogen and oxygen atoms in total. The molecule has 1 amide bonds. The summed E-state index contributed by atoms with van der Waals surface area (Å²) < 4.78 is 16.8. The number of hydrogen-bond donors (Lipinski definition) is 1. The minimum Gasteiger partial charge on any atom is -0.496 e. The van der Waals surface area contributed by atoms with E-state index < -0.39 is 5.97 Å². The molecule has 0 saturated heterocycles. The van der Waals surface area contributed by atoms with Crippen LogP contribution in [0.3, 0.4) is 0 Å². The van der Waals surface area contributed by atoms with E-state index in [4.69, 9.17) is 14.2 Å². The first-order chi connectivity index (χ1) is 11.6. The van der Waals surface area contributed by atoms with Crippen LogP contribution in [0.15, 0.2) is 40.9 Å². The van der Waals surface area contributed by atoms with Crippen molar-refractivity contribution in [1.82, 2.24) is 0 Å². The van der Waals surface area contributed by atoms with Crippen LogP contribution in [0, 0.1) is 0 Å². The Morgan fingerprint density at radius 2 is 2.12 bits per heavy atom. The van der Waals surface area contributed by atoms with E-state index in [9.17, 15) is 9.59 Å². The number of benzene rings is 2. The minimum absolute atomic E-state index is 0.0687. The lowest BCUT2D eigenvalue weighted by atomic mass is 10.1. The summed E-state index contributed by atoms with van der Waals surface area (Å²) in [5.41, 5.74) is 1.64. The van der Waals surface area contributed by atoms with Crippen molar-refractivity contribution < 1.29 is 23.8 Å². The number of halogens is 1. The van der Waals surface area contributed by atoms with Crippen LogP contribution in [0.2, 0.25) is 0 Å². The number of esters is 1. The number of carbonyl (C=O) groups excluding carboxylic acids is 2. The first-order valence-electron chi connectivity index (χ1n) is 7.13. The number of anilines is 1. The molecular weight excluding hydrogens is 378 g/mol. The van der Waals surface area contributed by atoms with Crippen molar-refractivity contribution in [1.29, 1.82) is 0 Å². The molecule has 1 aliphatic heterocycles. The molecule has 2 aromatic rings. The molecule has 0 saturated carbocycles. The molecule has 124 valence electrons. The van der Waals surface area contributed by atoms with Gasteiger partial charge in [0.2, 0.25) is 0 Å². The molecule has 0 aromatic heterocycles. The van der Waals surface area contributed by atoms with Gasteiger partial charge in [0.1, 0.15) is 18.1 Å². The van der Waals surface area contributed by atoms with Gasteiger partial charge in [-0.05, 0) is 36.4 Å². The maximum atomic E-state index is 12.2. The van der Waals surface area contributed by atoms with Gasteiger partial charge in [0.15, 0.2) is 6.61 Å². The SMILES string of the molecule is COc1ccc(Br)cc1COC(=O)c1ccc2c(c1)OCC(=O)N2. The van der Waals surface area contributed by atoms with Crippen molar-refractivity contribution in [3.05, 3.63) is 52.0 Å². The third-order valence-corrected chi connectivity index (χ3v) is 3.94. The van der Waals surface area contributed by atoms with E-state index >= 15 is 0 Å². The van der Waals surface area contributed by atoms with Crippen molar-refractivity contribution >= 4 is 33.5 Å². The summed E-state index contributed by atoms with van der Waals surface area (Å²) in [5.74, 6) is 0.381. The lowest BCUT2D eigenvalue weighted by molar-refractivity contribution is -0.118. The van der Waals surface area contributed by atoms with Crippen LogP contribution in [0.1, 0.15) is 15.9 Å². The van der Waals surface area contributed by atoms with Crippen molar-refractivity contribution in [3.63, 3.8) is 0 Å². The van der Waals surface area contributed by atoms with Gasteiger partial charge in [-0.15, -0.1) is 0 Å². The first kappa shape index (κ1) is 16.3. The number of methoxy groups -OCH3 is 1. The summed E-state index contributed by atoms with van der Waals surface area (Å²) in [5, 5.41) is 2.67. The fourth-order valence-electron chi connectivity index (χ4n) is 2.29. The van der Waals surface area contributed by atoms with Gasteiger partial charge in [-0.1, -0.05) is 15.9 Å². The number of carbonyl (C=O) groups is 2. The maximum Gasteiger partial charge on any atom is 0.338 e. The normalized spacial score (nSPS) is 12.7. The molecule has 0 spiro atoms. The van der Waals surface area contributed by atoms with Crippen LogP contribution in [-0.2, 0) is 16.1 Å². The molecule has 1 aliphatic rings. The summed E-state index contributed by atoms with van der Waals surface area (Å²) in [6.45, 7) is 0.0108. The molecule has 0 atom stereocenters. The van der Waals surface area contributed by atoms with Gasteiger partial charge in [-0.3, -0.25) is 4.79 Å². The molecule has 0 unspecified atom stereocenters. The summed E-state index contributed by atoms with van der Waals surface area (Å²) in [6.07, 6.45) is 0. The predicted octanol–water partition coefficient (Wildman–Crippen LogP) is 3.15. The highest BCUT2D eigenvalue weighted by Crippen LogP contribution is 2.29. The van der Waals surface area contributed by atoms with E-state index in [1.54, 1.807) is 31.4 Å². The molecule has 24 heavy (non-hydrogen) atoms. The van der Waals surface area contributed by atoms with Crippen LogP contribution in [0.4, 0.5) is 5.69 Å². The topological polar surface area (TPSA) is 73.9 Å². The molecule has 0 aliphatic carbocycles. The fourth-order valence-corrected chi connectivity index (χ4v) is 2.70. The van der Waals surface area contributed by atoms with Gasteiger partial charge in [-0.25, -0.2) is 4.79 Å². The fraction of sp³-hybridized carbons (Fsp3) is 0.176. The van der Waals surface area contributed by atoms with Crippen LogP contribution in [0.25, 0.3) is 0 Å². The highest BCUT2D eigenvalue weighted by Gasteiger charge is 2.18. The summed E-state index contributed by atoms with van der Waals surface area (Å²) >= 11 is 3.38. The Morgan fingerprint density at radius 1 is 1.29 bits per heavy atom. The zero-order chi connectivity index (χ0) is 17.1. The van der Waals surface area contributed by atoms with Gasteiger partial charge < -0.3 is 19.5 Å². The minimum atomic E-state index is -0.486. The summed E-state index contributed by atoms with van der Waals surface area (Å²) in [6, 6.07) is 10.2. The quantitative estimate of drug-likeness (QED) is 0.810. The second-order valence-electron chi connectivity index (χ2n) is 5.08. The van der Waals surface area contributed by atoms with Gasteiger partial charge in [0, 0.05) is 10.0 Å². The highest BCUT2D eigenvalue weighted by molar-refractivity contribution is 9.10. The van der Waals surface area contributed by atoms with Gasteiger partial charge in [0.25, 0.3) is 5.91 Å². The highest BCUT2D eigenvalue weighted by atomic mass is 79.9. The average molecular weight is 392 g/mol. The first-order valence-corrected chi connectivity index (χ1v) is 7.92. The van der Waals surface area contributed by atoms with E-state index in [1.165, 1.54) is 0 Å². The summed E-state index contributed by atoms with van der Waals surface area (Å²) in [7, 11) is 1.56. The van der Waals surface area contributed by atoms with E-state index in [0.29, 0.717) is 22.7 Å². The lowest BCUT2D eigenvalue weighted by Gasteiger charge is -2.18. The predicted molar refractivity (Wildman–Crippen MR) is 90.4 cm³/mol. The molecular formula is C17H14BrNO5. The second-order valence-corrected chi connectivity index (χ2v) is 6.00. The molecule has 7 heteroatoms. The second kappa shape index (κ2) is 6.92. The van der Waals surface area contributed by atoms with E-state index in [1.807, 2.05) is 12.1 Å². The van der Waals surface area contributed by atoms with Crippen LogP contribution < -0.4 is 14.8 Å². The number of ether oxygens (including phenoxy) is 3. The number of amides is 1. The van der Waals surface area contributed by atoms with Crippen molar-refractivity contribution in [2.45, 2.75) is 6.61 Å². The zero-order valence-electron chi connectivity index (χ0n) is 12.8. The Kier molecular flexibility index (Phi) is 4.71. The van der Waals surface area contributed by atoms with Gasteiger partial charge >= 0.3 is 5.97 Å². The molecule has 2 aromatic carbocycles. The van der Waals surface area contributed by atoms with Crippen molar-refractivity contribution in [2.75, 3.05) is 19.0 Å². The largest absolute Gasteiger partial charge is 0.496 e. The molecule has 1 N–H and O–H groups in total. The number of fused-ring (bicyclic) bond motifs is 1. The molecule has 0 bridgehead atoms. The molecule has 0 fully saturated rings. The van der Waals surface area contributed by atoms with Crippen LogP contribution in [0.5, 0.6) is 11.5 Å². The summed E-state index contributed by atoms with van der Waals surface area (Å²) in [4.78, 5) is 23.5. The zero-order valence-corrected chi connectivity index (χ0v) is 14.4. The Morgan fingerprint density at radius 3 is 2.92 bits per heavy atom. The maximum absolute atomic E-state index is 12.2. The third-order valence-electron chi connectivity index (χ3n) is 3.45. The van der Waals surface area contributed by atoms with E-state index in [0.717, 1.165) is 10.0 Å². The third kappa shape index (κ3) is 3.51. The van der Waals surface area contributed by atoms with Gasteiger partial charge in [0.05, 0.1) is 18.4 Å². The monoisotopic (exact) mass is 391 g/mol. The average Bonchev–Trinajstić information content (AvgIpc) is 2.59. The Hall–Kier alpha value is -2.54. The van der Waals surface area contributed by atoms with E-state index in [-0.39, 0.29) is 19.1 Å². The smallest absolute Gasteiger partial charge is 0.338 e. The molecule has 0 radical (unpaired) electrons. The van der Waals surface area contributed by atoms with Crippen LogP contribution in [-0.4, -0.2) is 25.6 Å². The Bertz CT molecular complexity index is 806. The Labute approximate surface area is 146 Å². The number of rotatable bonds is 4. The molecule has 1 heterocycles. The Balaban J connectivity index is 1.72. The molecule has 3 rings (SSSR count). The standard InChI is InChI=1S/C17H14BrNO5/c1-22-14-5-3-12(18)6-11(14)8-24-17(21)10-2-4-13-15(7-10)23-9-16(20)19-13/h2-7H,8-9H2,1H3,(H,19,20). The van der Waals surface area contributed by atoms with Crippen molar-refractivity contribution in [3.8, 4) is 11.5 Å². The van der Waals surface area contributed by atoms with Gasteiger partial charge in [-0.2, -0.15) is 0 Å². The number of nitrogens with one attached hydrogen (secondary N) is 1. The van der Waals surface area contributed by atoms with Crippen molar-refractivity contribution in [2.24, 2.45) is 0 Å². The lowest BCUT2D eigenvalue weighted by Crippen LogP contribution is -2.25. The van der Waals surface area contributed by atoms with Crippen LogP contribution >= 0.6 is 15.9 Å². The number of hydrogen-bond acceptors (Lipinski definition) is 5.